The Labute approximate surface area is 321 Å². The van der Waals surface area contributed by atoms with E-state index in [1.807, 2.05) is 0 Å². The van der Waals surface area contributed by atoms with Crippen molar-refractivity contribution < 1.29 is 59.8 Å². The lowest BCUT2D eigenvalue weighted by atomic mass is 9.38. The lowest BCUT2D eigenvalue weighted by molar-refractivity contribution is -0.378. The molecule has 0 aromatic heterocycles. The van der Waals surface area contributed by atoms with Crippen LogP contribution < -0.4 is 0 Å². The summed E-state index contributed by atoms with van der Waals surface area (Å²) in [5, 5.41) is 85.4. The van der Waals surface area contributed by atoms with Crippen molar-refractivity contribution in [1.82, 2.24) is 0 Å². The van der Waals surface area contributed by atoms with Crippen molar-refractivity contribution >= 4 is 0 Å². The van der Waals surface area contributed by atoms with Gasteiger partial charge in [-0.15, -0.1) is 0 Å². The van der Waals surface area contributed by atoms with Gasteiger partial charge in [0.05, 0.1) is 25.4 Å². The van der Waals surface area contributed by atoms with E-state index in [1.165, 1.54) is 11.1 Å². The van der Waals surface area contributed by atoms with Crippen molar-refractivity contribution in [3.8, 4) is 0 Å². The van der Waals surface area contributed by atoms with Gasteiger partial charge in [0.25, 0.3) is 0 Å². The molecule has 12 heteroatoms. The molecule has 0 spiro atoms. The third-order valence-corrected chi connectivity index (χ3v) is 15.6. The second kappa shape index (κ2) is 16.0. The lowest BCUT2D eigenvalue weighted by Crippen LogP contribution is -2.66. The Balaban J connectivity index is 1.23. The van der Waals surface area contributed by atoms with Crippen LogP contribution in [0.5, 0.6) is 0 Å². The van der Waals surface area contributed by atoms with E-state index in [0.717, 1.165) is 38.5 Å². The molecule has 6 aliphatic rings. The average molecular weight is 767 g/mol. The van der Waals surface area contributed by atoms with E-state index in [4.69, 9.17) is 18.9 Å². The van der Waals surface area contributed by atoms with Crippen LogP contribution in [0.2, 0.25) is 0 Å². The highest BCUT2D eigenvalue weighted by Gasteiger charge is 2.68. The van der Waals surface area contributed by atoms with Crippen molar-refractivity contribution in [1.29, 1.82) is 0 Å². The molecule has 20 atom stereocenters. The summed E-state index contributed by atoms with van der Waals surface area (Å²) in [6.07, 6.45) is -4.62. The molecule has 310 valence electrons. The monoisotopic (exact) mass is 766 g/mol. The average Bonchev–Trinajstić information content (AvgIpc) is 3.48. The fourth-order valence-corrected chi connectivity index (χ4v) is 12.9. The molecule has 4 saturated carbocycles. The highest BCUT2D eigenvalue weighted by Crippen LogP contribution is 2.72. The van der Waals surface area contributed by atoms with E-state index in [1.54, 1.807) is 0 Å². The summed E-state index contributed by atoms with van der Waals surface area (Å²) in [4.78, 5) is 0. The van der Waals surface area contributed by atoms with Gasteiger partial charge in [0.15, 0.2) is 12.6 Å². The summed E-state index contributed by atoms with van der Waals surface area (Å²) in [5.41, 5.74) is 2.29. The maximum absolute atomic E-state index is 12.1. The largest absolute Gasteiger partial charge is 0.394 e. The zero-order valence-corrected chi connectivity index (χ0v) is 33.6. The number of hydrogen-bond donors (Lipinski definition) is 8. The first-order valence-corrected chi connectivity index (χ1v) is 20.5. The number of allylic oxidation sites excluding steroid dienone is 4. The van der Waals surface area contributed by atoms with E-state index in [9.17, 15) is 40.9 Å². The molecule has 2 heterocycles. The van der Waals surface area contributed by atoms with Crippen LogP contribution >= 0.6 is 0 Å². The smallest absolute Gasteiger partial charge is 0.187 e. The SMILES string of the molecule is CC(C)=CC/C=C(\C)[C@H]1CC[C@]2(C)[C@@H]3[C@H](C)C[C@@H]4C(C)(C)[C@H](O[C@@H]5O[C@H](CO)[C@@H](O)[C@H](O)[C@H]5O[C@@H]5O[C@H](CO)[C@@H](O)[C@H](O)[C@H]5O)CC[C@]4(C)[C@H]3C[C@H](O)[C@H]12. The van der Waals surface area contributed by atoms with E-state index in [-0.39, 0.29) is 34.9 Å². The molecule has 2 saturated heterocycles. The number of aliphatic hydroxyl groups is 8. The van der Waals surface area contributed by atoms with E-state index >= 15 is 0 Å². The van der Waals surface area contributed by atoms with Crippen LogP contribution in [-0.2, 0) is 18.9 Å². The maximum atomic E-state index is 12.1. The van der Waals surface area contributed by atoms with Gasteiger partial charge in [0, 0.05) is 0 Å². The topological polar surface area (TPSA) is 199 Å². The molecule has 2 aliphatic heterocycles. The molecule has 4 aliphatic carbocycles. The number of rotatable bonds is 9. The lowest BCUT2D eigenvalue weighted by Gasteiger charge is -2.68. The summed E-state index contributed by atoms with van der Waals surface area (Å²) in [6, 6.07) is 0. The van der Waals surface area contributed by atoms with Crippen LogP contribution in [0.3, 0.4) is 0 Å². The van der Waals surface area contributed by atoms with Crippen molar-refractivity contribution in [2.45, 2.75) is 174 Å². The molecule has 6 fully saturated rings. The van der Waals surface area contributed by atoms with Crippen molar-refractivity contribution in [3.05, 3.63) is 23.3 Å². The Hall–Kier alpha value is -1.00. The molecular formula is C42H70O12. The first kappa shape index (κ1) is 42.6. The molecule has 0 aromatic rings. The Morgan fingerprint density at radius 1 is 0.704 bits per heavy atom. The molecule has 0 bridgehead atoms. The summed E-state index contributed by atoms with van der Waals surface area (Å²) in [6.45, 7) is 17.0. The van der Waals surface area contributed by atoms with Gasteiger partial charge in [0.2, 0.25) is 0 Å². The molecule has 8 N–H and O–H groups in total. The minimum absolute atomic E-state index is 0.0324. The van der Waals surface area contributed by atoms with Gasteiger partial charge in [-0.2, -0.15) is 0 Å². The molecule has 0 amide bonds. The van der Waals surface area contributed by atoms with Crippen LogP contribution in [0.1, 0.15) is 100 Å². The van der Waals surface area contributed by atoms with Crippen LogP contribution in [0.25, 0.3) is 0 Å². The van der Waals surface area contributed by atoms with Gasteiger partial charge in [-0.25, -0.2) is 0 Å². The number of aliphatic hydroxyl groups excluding tert-OH is 8. The first-order chi connectivity index (χ1) is 25.3. The van der Waals surface area contributed by atoms with Crippen molar-refractivity contribution in [2.24, 2.45) is 51.8 Å². The fourth-order valence-electron chi connectivity index (χ4n) is 12.9. The zero-order chi connectivity index (χ0) is 39.7. The van der Waals surface area contributed by atoms with E-state index in [0.29, 0.717) is 30.1 Å². The molecular weight excluding hydrogens is 696 g/mol. The minimum Gasteiger partial charge on any atom is -0.394 e. The van der Waals surface area contributed by atoms with Crippen LogP contribution in [-0.4, -0.2) is 128 Å². The Bertz CT molecular complexity index is 1360. The molecule has 0 radical (unpaired) electrons. The van der Waals surface area contributed by atoms with Crippen molar-refractivity contribution in [2.75, 3.05) is 13.2 Å². The van der Waals surface area contributed by atoms with Gasteiger partial charge < -0.3 is 59.8 Å². The maximum Gasteiger partial charge on any atom is 0.187 e. The van der Waals surface area contributed by atoms with Crippen LogP contribution in [0.4, 0.5) is 0 Å². The molecule has 54 heavy (non-hydrogen) atoms. The summed E-state index contributed by atoms with van der Waals surface area (Å²) in [5.74, 6) is 2.09. The van der Waals surface area contributed by atoms with Gasteiger partial charge in [0.1, 0.15) is 48.8 Å². The van der Waals surface area contributed by atoms with Gasteiger partial charge in [-0.1, -0.05) is 57.9 Å². The summed E-state index contributed by atoms with van der Waals surface area (Å²) in [7, 11) is 0. The normalized spacial score (nSPS) is 51.9. The second-order valence-electron chi connectivity index (χ2n) is 19.3. The predicted octanol–water partition coefficient (Wildman–Crippen LogP) is 2.81. The van der Waals surface area contributed by atoms with Gasteiger partial charge in [-0.3, -0.25) is 0 Å². The summed E-state index contributed by atoms with van der Waals surface area (Å²) >= 11 is 0. The number of fused-ring (bicyclic) bond motifs is 5. The number of ether oxygens (including phenoxy) is 4. The minimum atomic E-state index is -1.74. The third-order valence-electron chi connectivity index (χ3n) is 15.6. The quantitative estimate of drug-likeness (QED) is 0.126. The molecule has 6 rings (SSSR count). The highest BCUT2D eigenvalue weighted by molar-refractivity contribution is 5.21. The van der Waals surface area contributed by atoms with Gasteiger partial charge in [-0.05, 0) is 117 Å². The predicted molar refractivity (Wildman–Crippen MR) is 199 cm³/mol. The van der Waals surface area contributed by atoms with E-state index < -0.39 is 80.0 Å². The van der Waals surface area contributed by atoms with Crippen LogP contribution in [0.15, 0.2) is 23.3 Å². The fraction of sp³-hybridized carbons (Fsp3) is 0.905. The second-order valence-corrected chi connectivity index (χ2v) is 19.3. The Kier molecular flexibility index (Phi) is 12.6. The standard InChI is InChI=1S/C42H70O12/c1-20(2)10-9-11-21(3)23-12-14-42(8)30-22(4)16-28-40(5,6)29(13-15-41(28,7)24(30)17-25(45)31(23)42)53-39-37(35(49)33(47)27(19-44)52-39)54-38-36(50)34(48)32(46)26(18-43)51-38/h10-11,22-39,43-50H,9,12-19H2,1-8H3/b21-11+/t22-,23-,24+,25+,26-,27-,28-,29-,30-,31+,32-,33-,34+,35+,36-,37-,38+,39+,41-,42-/m1/s1. The molecule has 0 unspecified atom stereocenters. The number of hydrogen-bond acceptors (Lipinski definition) is 12. The molecule has 0 aromatic carbocycles. The zero-order valence-electron chi connectivity index (χ0n) is 33.6. The Morgan fingerprint density at radius 2 is 1.31 bits per heavy atom. The Morgan fingerprint density at radius 3 is 1.94 bits per heavy atom. The molecule has 12 nitrogen and oxygen atoms in total. The summed E-state index contributed by atoms with van der Waals surface area (Å²) < 4.78 is 24.4. The first-order valence-electron chi connectivity index (χ1n) is 20.5. The third kappa shape index (κ3) is 7.21. The van der Waals surface area contributed by atoms with Gasteiger partial charge >= 0.3 is 0 Å². The van der Waals surface area contributed by atoms with Crippen LogP contribution in [0, 0.1) is 51.8 Å². The van der Waals surface area contributed by atoms with Crippen molar-refractivity contribution in [3.63, 3.8) is 0 Å². The van der Waals surface area contributed by atoms with E-state index in [2.05, 4.69) is 67.5 Å². The highest BCUT2D eigenvalue weighted by atomic mass is 16.8.